The number of hydrogen-bond acceptors (Lipinski definition) is 7. The van der Waals surface area contributed by atoms with Crippen LogP contribution in [0.25, 0.3) is 6.08 Å². The monoisotopic (exact) mass is 488 g/mol. The lowest BCUT2D eigenvalue weighted by molar-refractivity contribution is 0.175. The van der Waals surface area contributed by atoms with Gasteiger partial charge in [0.1, 0.15) is 18.1 Å². The van der Waals surface area contributed by atoms with Gasteiger partial charge in [-0.3, -0.25) is 0 Å². The van der Waals surface area contributed by atoms with E-state index in [-0.39, 0.29) is 11.3 Å². The topological polar surface area (TPSA) is 112 Å². The molecule has 0 bridgehead atoms. The van der Waals surface area contributed by atoms with Crippen molar-refractivity contribution in [1.82, 2.24) is 5.32 Å². The number of aromatic hydroxyl groups is 1. The lowest BCUT2D eigenvalue weighted by Crippen LogP contribution is -2.38. The van der Waals surface area contributed by atoms with E-state index in [0.717, 1.165) is 41.2 Å². The van der Waals surface area contributed by atoms with Gasteiger partial charge in [0.05, 0.1) is 11.8 Å². The summed E-state index contributed by atoms with van der Waals surface area (Å²) in [5, 5.41) is 30.7. The first kappa shape index (κ1) is 25.6. The number of benzene rings is 3. The van der Waals surface area contributed by atoms with Crippen molar-refractivity contribution in [2.24, 2.45) is 5.73 Å². The van der Waals surface area contributed by atoms with E-state index >= 15 is 0 Å². The number of aliphatic hydroxyl groups is 1. The molecule has 0 amide bonds. The predicted molar refractivity (Wildman–Crippen MR) is 147 cm³/mol. The predicted octanol–water partition coefficient (Wildman–Crippen LogP) is 4.56. The molecule has 7 heteroatoms. The molecule has 36 heavy (non-hydrogen) atoms. The summed E-state index contributed by atoms with van der Waals surface area (Å²) >= 11 is 0. The smallest absolute Gasteiger partial charge is 0.139 e. The average molecular weight is 489 g/mol. The van der Waals surface area contributed by atoms with Gasteiger partial charge in [0.15, 0.2) is 0 Å². The number of hydrogen-bond donors (Lipinski definition) is 6. The van der Waals surface area contributed by atoms with Crippen LogP contribution in [0, 0.1) is 0 Å². The van der Waals surface area contributed by atoms with Crippen molar-refractivity contribution in [1.29, 1.82) is 0 Å². The van der Waals surface area contributed by atoms with Gasteiger partial charge in [0, 0.05) is 35.6 Å². The summed E-state index contributed by atoms with van der Waals surface area (Å²) < 4.78 is 5.72. The van der Waals surface area contributed by atoms with Gasteiger partial charge in [0.2, 0.25) is 0 Å². The minimum Gasteiger partial charge on any atom is -0.506 e. The normalized spacial score (nSPS) is 13.6. The first-order chi connectivity index (χ1) is 17.3. The second kappa shape index (κ2) is 11.5. The average Bonchev–Trinajstić information content (AvgIpc) is 2.87. The van der Waals surface area contributed by atoms with Crippen LogP contribution in [0.2, 0.25) is 0 Å². The van der Waals surface area contributed by atoms with E-state index in [4.69, 9.17) is 10.5 Å². The zero-order valence-electron chi connectivity index (χ0n) is 20.9. The Balaban J connectivity index is 1.22. The Labute approximate surface area is 213 Å². The van der Waals surface area contributed by atoms with Gasteiger partial charge < -0.3 is 36.6 Å². The molecule has 0 radical (unpaired) electrons. The highest BCUT2D eigenvalue weighted by molar-refractivity contribution is 5.77. The number of aliphatic hydroxyl groups excluding tert-OH is 1. The lowest BCUT2D eigenvalue weighted by Gasteiger charge is -2.21. The fraction of sp³-hybridized carbons (Fsp3) is 0.310. The van der Waals surface area contributed by atoms with E-state index in [2.05, 4.69) is 40.2 Å². The molecular formula is C29H36N4O3. The molecule has 1 atom stereocenters. The van der Waals surface area contributed by atoms with Crippen molar-refractivity contribution >= 4 is 23.1 Å². The number of phenols is 1. The van der Waals surface area contributed by atoms with Crippen molar-refractivity contribution in [3.05, 3.63) is 83.4 Å². The molecule has 7 nitrogen and oxygen atoms in total. The van der Waals surface area contributed by atoms with Gasteiger partial charge >= 0.3 is 0 Å². The number of ether oxygens (including phenoxy) is 1. The number of nitrogens with one attached hydrogen (secondary N) is 3. The third-order valence-electron chi connectivity index (χ3n) is 5.93. The zero-order valence-corrected chi connectivity index (χ0v) is 20.9. The van der Waals surface area contributed by atoms with E-state index in [9.17, 15) is 10.2 Å². The Morgan fingerprint density at radius 2 is 1.72 bits per heavy atom. The summed E-state index contributed by atoms with van der Waals surface area (Å²) in [6, 6.07) is 19.6. The van der Waals surface area contributed by atoms with Crippen molar-refractivity contribution < 1.29 is 14.9 Å². The maximum atomic E-state index is 10.7. The van der Waals surface area contributed by atoms with Crippen LogP contribution in [-0.2, 0) is 6.42 Å². The number of phenolic OH excluding ortho intramolecular Hbond substituents is 1. The second-order valence-corrected chi connectivity index (χ2v) is 9.84. The molecule has 1 heterocycles. The van der Waals surface area contributed by atoms with Crippen LogP contribution in [-0.4, -0.2) is 42.0 Å². The van der Waals surface area contributed by atoms with E-state index in [1.54, 1.807) is 12.1 Å². The molecule has 0 saturated heterocycles. The molecule has 0 unspecified atom stereocenters. The number of nitrogens with two attached hydrogens (primary N) is 1. The van der Waals surface area contributed by atoms with Crippen LogP contribution in [0.1, 0.15) is 36.6 Å². The molecule has 0 aliphatic carbocycles. The highest BCUT2D eigenvalue weighted by Crippen LogP contribution is 2.35. The maximum absolute atomic E-state index is 10.7. The van der Waals surface area contributed by atoms with Gasteiger partial charge in [-0.05, 0) is 80.4 Å². The first-order valence-electron chi connectivity index (χ1n) is 12.3. The van der Waals surface area contributed by atoms with Gasteiger partial charge in [-0.2, -0.15) is 0 Å². The van der Waals surface area contributed by atoms with E-state index in [0.29, 0.717) is 25.4 Å². The summed E-state index contributed by atoms with van der Waals surface area (Å²) in [7, 11) is 0. The molecule has 0 aromatic heterocycles. The SMILES string of the molecule is CC(C)(N)COc1ccc(Nc2ccc(CCNC[C@H](O)c3ccc(O)c4c3C=CCN4)cc2)cc1. The van der Waals surface area contributed by atoms with Gasteiger partial charge in [-0.15, -0.1) is 0 Å². The quantitative estimate of drug-likeness (QED) is 0.173. The second-order valence-electron chi connectivity index (χ2n) is 9.84. The fourth-order valence-corrected chi connectivity index (χ4v) is 4.02. The Morgan fingerprint density at radius 1 is 1.03 bits per heavy atom. The lowest BCUT2D eigenvalue weighted by atomic mass is 9.97. The molecule has 0 saturated carbocycles. The van der Waals surface area contributed by atoms with Crippen LogP contribution < -0.4 is 26.4 Å². The molecule has 0 fully saturated rings. The number of rotatable bonds is 11. The Hall–Kier alpha value is -3.52. The van der Waals surface area contributed by atoms with Crippen LogP contribution in [0.5, 0.6) is 11.5 Å². The maximum Gasteiger partial charge on any atom is 0.139 e. The number of anilines is 3. The van der Waals surface area contributed by atoms with Crippen LogP contribution >= 0.6 is 0 Å². The fourth-order valence-electron chi connectivity index (χ4n) is 4.02. The summed E-state index contributed by atoms with van der Waals surface area (Å²) in [6.07, 6.45) is 4.13. The van der Waals surface area contributed by atoms with E-state index in [1.165, 1.54) is 5.56 Å². The molecule has 3 aromatic rings. The molecule has 3 aromatic carbocycles. The largest absolute Gasteiger partial charge is 0.506 e. The van der Waals surface area contributed by atoms with Crippen molar-refractivity contribution in [3.8, 4) is 11.5 Å². The molecular weight excluding hydrogens is 452 g/mol. The highest BCUT2D eigenvalue weighted by atomic mass is 16.5. The molecule has 4 rings (SSSR count). The minimum absolute atomic E-state index is 0.203. The number of fused-ring (bicyclic) bond motifs is 1. The summed E-state index contributed by atoms with van der Waals surface area (Å²) in [5.74, 6) is 0.999. The van der Waals surface area contributed by atoms with Crippen LogP contribution in [0.4, 0.5) is 17.1 Å². The van der Waals surface area contributed by atoms with Crippen LogP contribution in [0.3, 0.4) is 0 Å². The minimum atomic E-state index is -0.658. The van der Waals surface area contributed by atoms with Crippen molar-refractivity contribution in [2.45, 2.75) is 31.9 Å². The van der Waals surface area contributed by atoms with Gasteiger partial charge in [-0.1, -0.05) is 30.4 Å². The zero-order chi connectivity index (χ0) is 25.5. The molecule has 1 aliphatic heterocycles. The van der Waals surface area contributed by atoms with Crippen molar-refractivity contribution in [2.75, 3.05) is 36.9 Å². The third kappa shape index (κ3) is 7.01. The van der Waals surface area contributed by atoms with E-state index in [1.807, 2.05) is 50.3 Å². The standard InChI is InChI=1S/C29H36N4O3/c1-29(2,30)19-36-23-11-9-22(10-12-23)33-21-7-5-20(6-8-21)15-17-31-18-27(35)24-13-14-26(34)28-25(24)4-3-16-32-28/h3-14,27,31-35H,15-19,30H2,1-2H3/t27-/m0/s1. The molecule has 190 valence electrons. The summed E-state index contributed by atoms with van der Waals surface area (Å²) in [5.41, 5.74) is 11.1. The molecule has 0 spiro atoms. The van der Waals surface area contributed by atoms with Crippen LogP contribution in [0.15, 0.2) is 66.7 Å². The van der Waals surface area contributed by atoms with Crippen molar-refractivity contribution in [3.63, 3.8) is 0 Å². The first-order valence-corrected chi connectivity index (χ1v) is 12.3. The summed E-state index contributed by atoms with van der Waals surface area (Å²) in [4.78, 5) is 0. The Kier molecular flexibility index (Phi) is 8.15. The van der Waals surface area contributed by atoms with Gasteiger partial charge in [0.25, 0.3) is 0 Å². The highest BCUT2D eigenvalue weighted by Gasteiger charge is 2.18. The van der Waals surface area contributed by atoms with Gasteiger partial charge in [-0.25, -0.2) is 0 Å². The molecule has 1 aliphatic rings. The Bertz CT molecular complexity index is 1170. The third-order valence-corrected chi connectivity index (χ3v) is 5.93. The molecule has 7 N–H and O–H groups in total. The Morgan fingerprint density at radius 3 is 2.42 bits per heavy atom. The summed E-state index contributed by atoms with van der Waals surface area (Å²) in [6.45, 7) is 6.19. The van der Waals surface area contributed by atoms with E-state index < -0.39 is 6.10 Å².